The Morgan fingerprint density at radius 2 is 2.14 bits per heavy atom. The van der Waals surface area contributed by atoms with Crippen molar-refractivity contribution < 1.29 is 17.7 Å². The molecule has 114 valence electrons. The zero-order valence-corrected chi connectivity index (χ0v) is 12.8. The summed E-state index contributed by atoms with van der Waals surface area (Å²) in [6.07, 6.45) is 0.998. The van der Waals surface area contributed by atoms with Crippen molar-refractivity contribution in [3.05, 3.63) is 16.6 Å². The number of rotatable bonds is 5. The zero-order chi connectivity index (χ0) is 15.8. The normalized spacial score (nSPS) is 11.5. The van der Waals surface area contributed by atoms with Crippen molar-refractivity contribution in [2.45, 2.75) is 18.4 Å². The van der Waals surface area contributed by atoms with Crippen LogP contribution in [0, 0.1) is 6.92 Å². The molecule has 0 aromatic carbocycles. The van der Waals surface area contributed by atoms with Crippen LogP contribution in [-0.2, 0) is 16.4 Å². The minimum absolute atomic E-state index is 0.0142. The van der Waals surface area contributed by atoms with Crippen molar-refractivity contribution in [3.8, 4) is 0 Å². The molecule has 0 atom stereocenters. The molecule has 21 heavy (non-hydrogen) atoms. The standard InChI is InChI=1S/C10H13N5O4S2/c1-4-14-5(19-15-4)3-13-10-8(21(2,17)18)6(11)7(20-10)9(12)16/h13H,3,11H2,1-2H3,(H2,12,16). The molecule has 0 aliphatic rings. The van der Waals surface area contributed by atoms with Crippen LogP contribution in [0.3, 0.4) is 0 Å². The molecule has 0 bridgehead atoms. The molecule has 2 aromatic rings. The van der Waals surface area contributed by atoms with Gasteiger partial charge in [0.2, 0.25) is 5.89 Å². The number of nitrogen functional groups attached to an aromatic ring is 1. The van der Waals surface area contributed by atoms with Crippen molar-refractivity contribution in [2.75, 3.05) is 17.3 Å². The van der Waals surface area contributed by atoms with E-state index in [-0.39, 0.29) is 32.9 Å². The Morgan fingerprint density at radius 3 is 2.62 bits per heavy atom. The third-order valence-corrected chi connectivity index (χ3v) is 4.94. The summed E-state index contributed by atoms with van der Waals surface area (Å²) >= 11 is 0.867. The molecule has 0 aliphatic heterocycles. The first-order valence-corrected chi connectivity index (χ1v) is 8.36. The van der Waals surface area contributed by atoms with Crippen molar-refractivity contribution in [1.29, 1.82) is 0 Å². The zero-order valence-electron chi connectivity index (χ0n) is 11.2. The Bertz CT molecular complexity index is 792. The second-order valence-electron chi connectivity index (χ2n) is 4.23. The first-order valence-electron chi connectivity index (χ1n) is 5.65. The van der Waals surface area contributed by atoms with Crippen LogP contribution >= 0.6 is 11.3 Å². The van der Waals surface area contributed by atoms with E-state index < -0.39 is 15.7 Å². The van der Waals surface area contributed by atoms with Gasteiger partial charge in [-0.05, 0) is 6.92 Å². The summed E-state index contributed by atoms with van der Waals surface area (Å²) < 4.78 is 28.5. The van der Waals surface area contributed by atoms with Crippen LogP contribution in [0.5, 0.6) is 0 Å². The van der Waals surface area contributed by atoms with Gasteiger partial charge in [0, 0.05) is 6.26 Å². The number of nitrogens with one attached hydrogen (secondary N) is 1. The van der Waals surface area contributed by atoms with Crippen LogP contribution in [0.15, 0.2) is 9.42 Å². The summed E-state index contributed by atoms with van der Waals surface area (Å²) in [5.41, 5.74) is 10.7. The Labute approximate surface area is 124 Å². The first-order chi connectivity index (χ1) is 9.70. The molecule has 0 spiro atoms. The molecule has 0 saturated heterocycles. The summed E-state index contributed by atoms with van der Waals surface area (Å²) in [6, 6.07) is 0. The highest BCUT2D eigenvalue weighted by molar-refractivity contribution is 7.91. The van der Waals surface area contributed by atoms with Crippen LogP contribution in [0.25, 0.3) is 0 Å². The number of hydrogen-bond acceptors (Lipinski definition) is 9. The lowest BCUT2D eigenvalue weighted by molar-refractivity contribution is 0.100. The average molecular weight is 331 g/mol. The highest BCUT2D eigenvalue weighted by atomic mass is 32.2. The van der Waals surface area contributed by atoms with Gasteiger partial charge >= 0.3 is 0 Å². The number of nitrogens with zero attached hydrogens (tertiary/aromatic N) is 2. The highest BCUT2D eigenvalue weighted by Gasteiger charge is 2.26. The molecule has 0 unspecified atom stereocenters. The Balaban J connectivity index is 2.38. The van der Waals surface area contributed by atoms with Gasteiger partial charge in [-0.1, -0.05) is 5.16 Å². The molecule has 9 nitrogen and oxygen atoms in total. The fourth-order valence-corrected chi connectivity index (χ4v) is 4.08. The van der Waals surface area contributed by atoms with E-state index in [4.69, 9.17) is 16.0 Å². The van der Waals surface area contributed by atoms with E-state index in [2.05, 4.69) is 15.5 Å². The van der Waals surface area contributed by atoms with Gasteiger partial charge in [-0.3, -0.25) is 4.79 Å². The number of primary amides is 1. The number of anilines is 2. The molecule has 2 aromatic heterocycles. The number of sulfone groups is 1. The van der Waals surface area contributed by atoms with E-state index in [1.54, 1.807) is 6.92 Å². The third kappa shape index (κ3) is 3.13. The maximum Gasteiger partial charge on any atom is 0.261 e. The van der Waals surface area contributed by atoms with Gasteiger partial charge in [0.1, 0.15) is 14.8 Å². The van der Waals surface area contributed by atoms with E-state index in [1.807, 2.05) is 0 Å². The van der Waals surface area contributed by atoms with Gasteiger partial charge in [0.15, 0.2) is 15.7 Å². The van der Waals surface area contributed by atoms with Crippen molar-refractivity contribution in [1.82, 2.24) is 10.1 Å². The van der Waals surface area contributed by atoms with Gasteiger partial charge in [-0.2, -0.15) is 4.98 Å². The quantitative estimate of drug-likeness (QED) is 0.698. The maximum absolute atomic E-state index is 11.8. The van der Waals surface area contributed by atoms with Gasteiger partial charge in [0.25, 0.3) is 5.91 Å². The van der Waals surface area contributed by atoms with Gasteiger partial charge in [-0.15, -0.1) is 11.3 Å². The largest absolute Gasteiger partial charge is 0.396 e. The average Bonchev–Trinajstić information content (AvgIpc) is 2.89. The van der Waals surface area contributed by atoms with Crippen LogP contribution in [0.2, 0.25) is 0 Å². The number of aromatic nitrogens is 2. The van der Waals surface area contributed by atoms with Crippen molar-refractivity contribution in [2.24, 2.45) is 5.73 Å². The summed E-state index contributed by atoms with van der Waals surface area (Å²) in [7, 11) is -3.63. The number of amides is 1. The number of thiophene rings is 1. The molecule has 0 radical (unpaired) electrons. The second-order valence-corrected chi connectivity index (χ2v) is 7.20. The van der Waals surface area contributed by atoms with E-state index >= 15 is 0 Å². The molecule has 2 rings (SSSR count). The molecule has 0 saturated carbocycles. The Kier molecular flexibility index (Phi) is 3.87. The number of aryl methyl sites for hydroxylation is 1. The molecule has 0 fully saturated rings. The minimum atomic E-state index is -3.63. The van der Waals surface area contributed by atoms with E-state index in [0.717, 1.165) is 17.6 Å². The maximum atomic E-state index is 11.8. The first kappa shape index (κ1) is 15.3. The van der Waals surface area contributed by atoms with Crippen LogP contribution < -0.4 is 16.8 Å². The highest BCUT2D eigenvalue weighted by Crippen LogP contribution is 2.39. The smallest absolute Gasteiger partial charge is 0.261 e. The summed E-state index contributed by atoms with van der Waals surface area (Å²) in [4.78, 5) is 15.1. The summed E-state index contributed by atoms with van der Waals surface area (Å²) in [5, 5.41) is 6.64. The molecule has 5 N–H and O–H groups in total. The monoisotopic (exact) mass is 331 g/mol. The van der Waals surface area contributed by atoms with Gasteiger partial charge in [-0.25, -0.2) is 8.42 Å². The van der Waals surface area contributed by atoms with E-state index in [1.165, 1.54) is 0 Å². The number of hydrogen-bond donors (Lipinski definition) is 3. The SMILES string of the molecule is Cc1noc(CNc2sc(C(N)=O)c(N)c2S(C)(=O)=O)n1. The van der Waals surface area contributed by atoms with Crippen molar-refractivity contribution >= 4 is 37.8 Å². The van der Waals surface area contributed by atoms with Crippen LogP contribution in [0.4, 0.5) is 10.7 Å². The lowest BCUT2D eigenvalue weighted by Gasteiger charge is -2.04. The van der Waals surface area contributed by atoms with Crippen LogP contribution in [0.1, 0.15) is 21.4 Å². The van der Waals surface area contributed by atoms with Gasteiger partial charge < -0.3 is 21.3 Å². The lowest BCUT2D eigenvalue weighted by Crippen LogP contribution is -2.12. The lowest BCUT2D eigenvalue weighted by atomic mass is 10.4. The van der Waals surface area contributed by atoms with Crippen LogP contribution in [-0.4, -0.2) is 30.7 Å². The topological polar surface area (TPSA) is 154 Å². The van der Waals surface area contributed by atoms with Crippen molar-refractivity contribution in [3.63, 3.8) is 0 Å². The molecule has 11 heteroatoms. The molecular weight excluding hydrogens is 318 g/mol. The van der Waals surface area contributed by atoms with Gasteiger partial charge in [0.05, 0.1) is 12.2 Å². The van der Waals surface area contributed by atoms with E-state index in [9.17, 15) is 13.2 Å². The predicted molar refractivity (Wildman–Crippen MR) is 76.7 cm³/mol. The second kappa shape index (κ2) is 5.33. The molecule has 1 amide bonds. The minimum Gasteiger partial charge on any atom is -0.396 e. The Hall–Kier alpha value is -2.14. The molecule has 2 heterocycles. The molecular formula is C10H13N5O4S2. The molecule has 0 aliphatic carbocycles. The van der Waals surface area contributed by atoms with E-state index in [0.29, 0.717) is 5.82 Å². The fourth-order valence-electron chi connectivity index (χ4n) is 1.66. The Morgan fingerprint density at radius 1 is 1.48 bits per heavy atom. The summed E-state index contributed by atoms with van der Waals surface area (Å²) in [6.45, 7) is 1.75. The summed E-state index contributed by atoms with van der Waals surface area (Å²) in [5.74, 6) is -0.0534. The number of nitrogens with two attached hydrogens (primary N) is 2. The predicted octanol–water partition coefficient (Wildman–Crippen LogP) is 0.136. The third-order valence-electron chi connectivity index (χ3n) is 2.46. The fraction of sp³-hybridized carbons (Fsp3) is 0.300. The number of carbonyl (C=O) groups excluding carboxylic acids is 1. The number of carbonyl (C=O) groups is 1.